The molecule has 7 nitrogen and oxygen atoms in total. The minimum atomic E-state index is -0.530. The normalized spacial score (nSPS) is 10.8. The average Bonchev–Trinajstić information content (AvgIpc) is 3.02. The molecule has 0 unspecified atom stereocenters. The first-order chi connectivity index (χ1) is 10.6. The fraction of sp³-hybridized carbons (Fsp3) is 0.143. The lowest BCUT2D eigenvalue weighted by atomic mass is 10.2. The zero-order valence-electron chi connectivity index (χ0n) is 11.6. The van der Waals surface area contributed by atoms with E-state index in [1.807, 2.05) is 0 Å². The van der Waals surface area contributed by atoms with Gasteiger partial charge in [0.05, 0.1) is 10.9 Å². The number of aromatic nitrogens is 3. The predicted octanol–water partition coefficient (Wildman–Crippen LogP) is 0.795. The second-order valence-electron chi connectivity index (χ2n) is 4.64. The number of fused-ring (bicyclic) bond motifs is 1. The first-order valence-corrected chi connectivity index (χ1v) is 7.34. The number of anilines is 1. The molecule has 112 valence electrons. The molecule has 1 aromatic carbocycles. The summed E-state index contributed by atoms with van der Waals surface area (Å²) < 4.78 is 2.28. The van der Waals surface area contributed by atoms with Crippen LogP contribution in [0.3, 0.4) is 0 Å². The lowest BCUT2D eigenvalue weighted by Crippen LogP contribution is -2.40. The minimum Gasteiger partial charge on any atom is -0.300 e. The van der Waals surface area contributed by atoms with E-state index in [1.165, 1.54) is 23.0 Å². The Labute approximate surface area is 128 Å². The van der Waals surface area contributed by atoms with Crippen LogP contribution >= 0.6 is 11.3 Å². The molecule has 3 aromatic rings. The van der Waals surface area contributed by atoms with Crippen molar-refractivity contribution in [2.24, 2.45) is 7.05 Å². The number of carbonyl (C=O) groups is 1. The molecule has 0 radical (unpaired) electrons. The van der Waals surface area contributed by atoms with Crippen LogP contribution in [0.5, 0.6) is 0 Å². The van der Waals surface area contributed by atoms with E-state index in [-0.39, 0.29) is 18.0 Å². The maximum absolute atomic E-state index is 12.3. The van der Waals surface area contributed by atoms with Gasteiger partial charge in [-0.2, -0.15) is 0 Å². The van der Waals surface area contributed by atoms with Crippen LogP contribution in [0.15, 0.2) is 45.4 Å². The van der Waals surface area contributed by atoms with Crippen LogP contribution in [-0.4, -0.2) is 20.0 Å². The van der Waals surface area contributed by atoms with Crippen LogP contribution in [-0.2, 0) is 18.4 Å². The van der Waals surface area contributed by atoms with Crippen molar-refractivity contribution < 1.29 is 4.79 Å². The molecule has 0 aliphatic rings. The zero-order valence-corrected chi connectivity index (χ0v) is 12.5. The smallest absolute Gasteiger partial charge is 0.300 e. The Morgan fingerprint density at radius 1 is 1.32 bits per heavy atom. The van der Waals surface area contributed by atoms with Crippen LogP contribution < -0.4 is 16.6 Å². The Hall–Kier alpha value is -2.74. The number of amides is 1. The van der Waals surface area contributed by atoms with Crippen molar-refractivity contribution in [2.45, 2.75) is 6.54 Å². The van der Waals surface area contributed by atoms with Gasteiger partial charge in [0, 0.05) is 18.6 Å². The zero-order chi connectivity index (χ0) is 15.7. The molecule has 0 fully saturated rings. The molecule has 0 saturated carbocycles. The topological polar surface area (TPSA) is 86.0 Å². The third-order valence-electron chi connectivity index (χ3n) is 3.23. The van der Waals surface area contributed by atoms with Gasteiger partial charge >= 0.3 is 5.69 Å². The highest BCUT2D eigenvalue weighted by atomic mass is 32.1. The van der Waals surface area contributed by atoms with Crippen molar-refractivity contribution >= 4 is 33.3 Å². The van der Waals surface area contributed by atoms with Gasteiger partial charge < -0.3 is 5.32 Å². The average molecular weight is 316 g/mol. The van der Waals surface area contributed by atoms with E-state index in [2.05, 4.69) is 10.3 Å². The van der Waals surface area contributed by atoms with E-state index in [0.29, 0.717) is 16.0 Å². The van der Waals surface area contributed by atoms with Crippen LogP contribution in [0.1, 0.15) is 0 Å². The van der Waals surface area contributed by atoms with Gasteiger partial charge in [-0.25, -0.2) is 9.78 Å². The lowest BCUT2D eigenvalue weighted by Gasteiger charge is -2.11. The number of hydrogen-bond donors (Lipinski definition) is 1. The summed E-state index contributed by atoms with van der Waals surface area (Å²) in [5, 5.41) is 5.22. The fourth-order valence-electron chi connectivity index (χ4n) is 2.18. The van der Waals surface area contributed by atoms with Crippen molar-refractivity contribution in [1.29, 1.82) is 0 Å². The Morgan fingerprint density at radius 3 is 2.82 bits per heavy atom. The molecule has 1 N–H and O–H groups in total. The van der Waals surface area contributed by atoms with E-state index in [4.69, 9.17) is 0 Å². The summed E-state index contributed by atoms with van der Waals surface area (Å²) in [5.41, 5.74) is -0.472. The van der Waals surface area contributed by atoms with E-state index in [0.717, 1.165) is 4.57 Å². The highest BCUT2D eigenvalue weighted by Gasteiger charge is 2.13. The highest BCUT2D eigenvalue weighted by Crippen LogP contribution is 2.11. The lowest BCUT2D eigenvalue weighted by molar-refractivity contribution is -0.116. The summed E-state index contributed by atoms with van der Waals surface area (Å²) in [5.74, 6) is -0.374. The molecule has 3 rings (SSSR count). The van der Waals surface area contributed by atoms with Gasteiger partial charge in [-0.15, -0.1) is 11.3 Å². The monoisotopic (exact) mass is 316 g/mol. The quantitative estimate of drug-likeness (QED) is 0.774. The van der Waals surface area contributed by atoms with E-state index in [9.17, 15) is 14.4 Å². The van der Waals surface area contributed by atoms with Crippen LogP contribution in [0, 0.1) is 0 Å². The molecular formula is C14H12N4O3S. The Balaban J connectivity index is 2.05. The second-order valence-corrected chi connectivity index (χ2v) is 5.53. The molecule has 1 amide bonds. The summed E-state index contributed by atoms with van der Waals surface area (Å²) in [6.45, 7) is -0.187. The summed E-state index contributed by atoms with van der Waals surface area (Å²) in [6.07, 6.45) is 1.58. The highest BCUT2D eigenvalue weighted by molar-refractivity contribution is 7.13. The summed E-state index contributed by atoms with van der Waals surface area (Å²) in [7, 11) is 1.40. The van der Waals surface area contributed by atoms with Crippen molar-refractivity contribution in [3.8, 4) is 0 Å². The minimum absolute atomic E-state index is 0.187. The summed E-state index contributed by atoms with van der Waals surface area (Å²) in [6, 6.07) is 6.71. The number of thiazole rings is 1. The molecule has 0 saturated heterocycles. The number of benzene rings is 1. The Bertz CT molecular complexity index is 956. The van der Waals surface area contributed by atoms with Gasteiger partial charge in [0.1, 0.15) is 6.54 Å². The summed E-state index contributed by atoms with van der Waals surface area (Å²) >= 11 is 1.29. The third-order valence-corrected chi connectivity index (χ3v) is 3.92. The molecule has 8 heteroatoms. The van der Waals surface area contributed by atoms with Crippen molar-refractivity contribution in [2.75, 3.05) is 5.32 Å². The number of nitrogens with one attached hydrogen (secondary N) is 1. The van der Waals surface area contributed by atoms with Gasteiger partial charge in [-0.05, 0) is 12.1 Å². The standard InChI is InChI=1S/C14H12N4O3S/c1-17-12(20)9-4-2-3-5-10(9)18(14(17)21)8-11(19)16-13-15-6-7-22-13/h2-7H,8H2,1H3,(H,15,16,19). The molecule has 0 aliphatic carbocycles. The van der Waals surface area contributed by atoms with Gasteiger partial charge in [0.25, 0.3) is 5.56 Å². The molecule has 0 bridgehead atoms. The van der Waals surface area contributed by atoms with Gasteiger partial charge in [0.15, 0.2) is 5.13 Å². The molecule has 2 aromatic heterocycles. The molecule has 0 atom stereocenters. The third kappa shape index (κ3) is 2.44. The first-order valence-electron chi connectivity index (χ1n) is 6.46. The van der Waals surface area contributed by atoms with Crippen LogP contribution in [0.25, 0.3) is 10.9 Å². The SMILES string of the molecule is Cn1c(=O)c2ccccc2n(CC(=O)Nc2nccs2)c1=O. The van der Waals surface area contributed by atoms with E-state index >= 15 is 0 Å². The van der Waals surface area contributed by atoms with Gasteiger partial charge in [0.2, 0.25) is 5.91 Å². The first kappa shape index (κ1) is 14.2. The fourth-order valence-corrected chi connectivity index (χ4v) is 2.73. The summed E-state index contributed by atoms with van der Waals surface area (Å²) in [4.78, 5) is 40.4. The molecule has 0 spiro atoms. The number of nitrogens with zero attached hydrogens (tertiary/aromatic N) is 3. The molecule has 2 heterocycles. The molecule has 0 aliphatic heterocycles. The molecule has 22 heavy (non-hydrogen) atoms. The Morgan fingerprint density at radius 2 is 2.09 bits per heavy atom. The van der Waals surface area contributed by atoms with E-state index in [1.54, 1.807) is 35.8 Å². The van der Waals surface area contributed by atoms with Gasteiger partial charge in [-0.3, -0.25) is 18.7 Å². The van der Waals surface area contributed by atoms with Gasteiger partial charge in [-0.1, -0.05) is 12.1 Å². The number of hydrogen-bond acceptors (Lipinski definition) is 5. The molecular weight excluding hydrogens is 304 g/mol. The number of rotatable bonds is 3. The number of carbonyl (C=O) groups excluding carboxylic acids is 1. The Kier molecular flexibility index (Phi) is 3.60. The second kappa shape index (κ2) is 5.57. The van der Waals surface area contributed by atoms with Crippen molar-refractivity contribution in [1.82, 2.24) is 14.1 Å². The maximum Gasteiger partial charge on any atom is 0.331 e. The van der Waals surface area contributed by atoms with Crippen LogP contribution in [0.4, 0.5) is 5.13 Å². The van der Waals surface area contributed by atoms with E-state index < -0.39 is 5.69 Å². The number of para-hydroxylation sites is 1. The maximum atomic E-state index is 12.3. The largest absolute Gasteiger partial charge is 0.331 e. The van der Waals surface area contributed by atoms with Crippen molar-refractivity contribution in [3.63, 3.8) is 0 Å². The van der Waals surface area contributed by atoms with Crippen molar-refractivity contribution in [3.05, 3.63) is 56.7 Å². The predicted molar refractivity (Wildman–Crippen MR) is 84.2 cm³/mol. The van der Waals surface area contributed by atoms with Crippen LogP contribution in [0.2, 0.25) is 0 Å².